The molecule has 0 saturated heterocycles. The van der Waals surface area contributed by atoms with Crippen LogP contribution in [0.4, 0.5) is 0 Å². The van der Waals surface area contributed by atoms with Crippen LogP contribution in [0, 0.1) is 0 Å². The molecule has 0 aromatic rings. The Kier molecular flexibility index (Phi) is 11.7. The molecule has 0 aliphatic rings. The summed E-state index contributed by atoms with van der Waals surface area (Å²) in [6.45, 7) is 1.50. The minimum atomic E-state index is 0.195. The number of rotatable bonds is 5. The average molecular weight is 194 g/mol. The highest BCUT2D eigenvalue weighted by Gasteiger charge is 2.02. The van der Waals surface area contributed by atoms with E-state index in [0.29, 0.717) is 0 Å². The van der Waals surface area contributed by atoms with Gasteiger partial charge in [-0.05, 0) is 12.8 Å². The molecule has 4 nitrogen and oxygen atoms in total. The topological polar surface area (TPSA) is 60.7 Å². The van der Waals surface area contributed by atoms with Crippen LogP contribution in [-0.2, 0) is 0 Å². The number of nitrogens with zero attached hydrogens (tertiary/aromatic N) is 1. The first-order valence-corrected chi connectivity index (χ1v) is 4.61. The lowest BCUT2D eigenvalue weighted by atomic mass is 10.3. The van der Waals surface area contributed by atoms with Crippen molar-refractivity contribution in [2.45, 2.75) is 12.8 Å². The third-order valence-electron chi connectivity index (χ3n) is 1.34. The van der Waals surface area contributed by atoms with E-state index in [4.69, 9.17) is 15.3 Å². The number of unbranched alkanes of at least 4 members (excludes halogenated alkanes) is 1. The van der Waals surface area contributed by atoms with Gasteiger partial charge in [-0.25, -0.2) is 0 Å². The van der Waals surface area contributed by atoms with Crippen molar-refractivity contribution in [2.24, 2.45) is 0 Å². The van der Waals surface area contributed by atoms with Gasteiger partial charge in [-0.2, -0.15) is 0 Å². The van der Waals surface area contributed by atoms with Gasteiger partial charge in [0.15, 0.2) is 0 Å². The highest BCUT2D eigenvalue weighted by atomic mass is 16.3. The maximum Gasteiger partial charge on any atom is 0.101 e. The Balaban J connectivity index is 0. The fourth-order valence-electron chi connectivity index (χ4n) is 0.524. The molecule has 0 aliphatic heterocycles. The molecule has 0 aromatic heterocycles. The molecule has 0 spiro atoms. The molecular weight excluding hydrogens is 170 g/mol. The SMILES string of the molecule is C[N+](C)(C)CCO.OCCCCO. The van der Waals surface area contributed by atoms with Gasteiger partial charge in [0, 0.05) is 13.2 Å². The lowest BCUT2D eigenvalue weighted by Gasteiger charge is -2.21. The lowest BCUT2D eigenvalue weighted by molar-refractivity contribution is -0.870. The fraction of sp³-hybridized carbons (Fsp3) is 1.00. The van der Waals surface area contributed by atoms with Crippen LogP contribution in [0.25, 0.3) is 0 Å². The van der Waals surface area contributed by atoms with Crippen LogP contribution in [0.3, 0.4) is 0 Å². The predicted octanol–water partition coefficient (Wildman–Crippen LogP) is -0.564. The monoisotopic (exact) mass is 194 g/mol. The summed E-state index contributed by atoms with van der Waals surface area (Å²) in [5.41, 5.74) is 0. The van der Waals surface area contributed by atoms with Crippen LogP contribution in [0.1, 0.15) is 12.8 Å². The summed E-state index contributed by atoms with van der Waals surface area (Å²) in [5, 5.41) is 24.6. The standard InChI is InChI=1S/C5H14NO.C4H10O2/c1-6(2,3)4-5-7;5-3-1-2-4-6/h7H,4-5H2,1-3H3;5-6H,1-4H2/q+1;. The highest BCUT2D eigenvalue weighted by molar-refractivity contribution is 4.30. The number of aliphatic hydroxyl groups excluding tert-OH is 3. The third kappa shape index (κ3) is 24.5. The lowest BCUT2D eigenvalue weighted by Crippen LogP contribution is -2.36. The first kappa shape index (κ1) is 15.3. The molecule has 13 heavy (non-hydrogen) atoms. The third-order valence-corrected chi connectivity index (χ3v) is 1.34. The minimum Gasteiger partial charge on any atom is -0.396 e. The summed E-state index contributed by atoms with van der Waals surface area (Å²) < 4.78 is 0.844. The summed E-state index contributed by atoms with van der Waals surface area (Å²) in [4.78, 5) is 0. The first-order valence-electron chi connectivity index (χ1n) is 4.61. The first-order chi connectivity index (χ1) is 5.97. The second kappa shape index (κ2) is 9.92. The molecule has 0 saturated carbocycles. The van der Waals surface area contributed by atoms with Crippen molar-refractivity contribution >= 4 is 0 Å². The van der Waals surface area contributed by atoms with Crippen LogP contribution >= 0.6 is 0 Å². The molecule has 4 heteroatoms. The van der Waals surface area contributed by atoms with Crippen LogP contribution in [0.5, 0.6) is 0 Å². The van der Waals surface area contributed by atoms with E-state index in [-0.39, 0.29) is 19.8 Å². The maximum absolute atomic E-state index is 8.39. The van der Waals surface area contributed by atoms with E-state index >= 15 is 0 Å². The van der Waals surface area contributed by atoms with Gasteiger partial charge in [-0.1, -0.05) is 0 Å². The maximum atomic E-state index is 8.39. The van der Waals surface area contributed by atoms with E-state index in [9.17, 15) is 0 Å². The zero-order valence-corrected chi connectivity index (χ0v) is 9.03. The van der Waals surface area contributed by atoms with Gasteiger partial charge in [0.25, 0.3) is 0 Å². The molecule has 0 aromatic carbocycles. The summed E-state index contributed by atoms with van der Waals surface area (Å²) in [5.74, 6) is 0. The van der Waals surface area contributed by atoms with Crippen LogP contribution < -0.4 is 0 Å². The van der Waals surface area contributed by atoms with E-state index in [1.165, 1.54) is 0 Å². The Labute approximate surface area is 81.0 Å². The van der Waals surface area contributed by atoms with Gasteiger partial charge < -0.3 is 19.8 Å². The van der Waals surface area contributed by atoms with E-state index in [1.807, 2.05) is 0 Å². The van der Waals surface area contributed by atoms with E-state index < -0.39 is 0 Å². The molecular formula is C9H24NO3+. The molecule has 82 valence electrons. The van der Waals surface area contributed by atoms with Gasteiger partial charge in [0.05, 0.1) is 27.7 Å². The fourth-order valence-corrected chi connectivity index (χ4v) is 0.524. The smallest absolute Gasteiger partial charge is 0.101 e. The molecule has 0 unspecified atom stereocenters. The second-order valence-electron chi connectivity index (χ2n) is 3.89. The Morgan fingerprint density at radius 2 is 1.15 bits per heavy atom. The van der Waals surface area contributed by atoms with Crippen molar-refractivity contribution in [3.63, 3.8) is 0 Å². The van der Waals surface area contributed by atoms with Crippen LogP contribution in [0.15, 0.2) is 0 Å². The average Bonchev–Trinajstić information content (AvgIpc) is 1.99. The van der Waals surface area contributed by atoms with Crippen LogP contribution in [0.2, 0.25) is 0 Å². The molecule has 0 fully saturated rings. The number of quaternary nitrogens is 1. The second-order valence-corrected chi connectivity index (χ2v) is 3.89. The molecule has 0 amide bonds. The van der Waals surface area contributed by atoms with Crippen molar-refractivity contribution in [1.29, 1.82) is 0 Å². The van der Waals surface area contributed by atoms with Crippen molar-refractivity contribution in [2.75, 3.05) is 47.5 Å². The molecule has 0 heterocycles. The number of aliphatic hydroxyl groups is 3. The predicted molar refractivity (Wildman–Crippen MR) is 53.4 cm³/mol. The molecule has 3 N–H and O–H groups in total. The van der Waals surface area contributed by atoms with Crippen molar-refractivity contribution in [3.8, 4) is 0 Å². The number of hydrogen-bond donors (Lipinski definition) is 3. The van der Waals surface area contributed by atoms with Gasteiger partial charge in [0.1, 0.15) is 6.54 Å². The van der Waals surface area contributed by atoms with Gasteiger partial charge in [-0.15, -0.1) is 0 Å². The Morgan fingerprint density at radius 3 is 1.23 bits per heavy atom. The summed E-state index contributed by atoms with van der Waals surface area (Å²) in [7, 11) is 6.16. The molecule has 0 aliphatic carbocycles. The van der Waals surface area contributed by atoms with Gasteiger partial charge in [-0.3, -0.25) is 0 Å². The Hall–Kier alpha value is -0.160. The van der Waals surface area contributed by atoms with Gasteiger partial charge in [0.2, 0.25) is 0 Å². The largest absolute Gasteiger partial charge is 0.396 e. The number of likely N-dealkylation sites (N-methyl/N-ethyl adjacent to an activating group) is 1. The highest BCUT2D eigenvalue weighted by Crippen LogP contribution is 1.84. The molecule has 0 radical (unpaired) electrons. The van der Waals surface area contributed by atoms with E-state index in [2.05, 4.69) is 21.1 Å². The Bertz CT molecular complexity index is 87.4. The Morgan fingerprint density at radius 1 is 0.769 bits per heavy atom. The normalized spacial score (nSPS) is 10.6. The summed E-state index contributed by atoms with van der Waals surface area (Å²) >= 11 is 0. The quantitative estimate of drug-likeness (QED) is 0.406. The molecule has 0 rings (SSSR count). The minimum absolute atomic E-state index is 0.195. The van der Waals surface area contributed by atoms with Gasteiger partial charge >= 0.3 is 0 Å². The van der Waals surface area contributed by atoms with Crippen molar-refractivity contribution in [1.82, 2.24) is 0 Å². The zero-order valence-electron chi connectivity index (χ0n) is 9.03. The molecule has 0 atom stereocenters. The van der Waals surface area contributed by atoms with Crippen molar-refractivity contribution in [3.05, 3.63) is 0 Å². The van der Waals surface area contributed by atoms with E-state index in [0.717, 1.165) is 23.9 Å². The summed E-state index contributed by atoms with van der Waals surface area (Å²) in [6, 6.07) is 0. The number of hydrogen-bond acceptors (Lipinski definition) is 3. The van der Waals surface area contributed by atoms with Crippen molar-refractivity contribution < 1.29 is 19.8 Å². The zero-order chi connectivity index (χ0) is 10.7. The van der Waals surface area contributed by atoms with E-state index in [1.54, 1.807) is 0 Å². The molecule has 0 bridgehead atoms. The summed E-state index contributed by atoms with van der Waals surface area (Å²) in [6.07, 6.45) is 1.44. The van der Waals surface area contributed by atoms with Crippen LogP contribution in [-0.4, -0.2) is 67.3 Å².